The summed E-state index contributed by atoms with van der Waals surface area (Å²) in [6, 6.07) is 30.2. The first kappa shape index (κ1) is 23.2. The van der Waals surface area contributed by atoms with Gasteiger partial charge in [-0.25, -0.2) is 0 Å². The van der Waals surface area contributed by atoms with Crippen LogP contribution in [0.2, 0.25) is 0 Å². The van der Waals surface area contributed by atoms with Crippen LogP contribution in [0, 0.1) is 6.07 Å². The van der Waals surface area contributed by atoms with Crippen molar-refractivity contribution in [1.82, 2.24) is 4.98 Å². The third kappa shape index (κ3) is 5.98. The molecule has 4 heteroatoms. The zero-order valence-corrected chi connectivity index (χ0v) is 19.1. The number of hydrogen-bond donors (Lipinski definition) is 1. The summed E-state index contributed by atoms with van der Waals surface area (Å²) < 4.78 is 0. The molecule has 3 nitrogen and oxygen atoms in total. The summed E-state index contributed by atoms with van der Waals surface area (Å²) in [6.45, 7) is 2.85. The maximum absolute atomic E-state index is 10.0. The molecule has 0 fully saturated rings. The van der Waals surface area contributed by atoms with E-state index in [9.17, 15) is 4.79 Å². The van der Waals surface area contributed by atoms with Crippen LogP contribution in [0.1, 0.15) is 13.8 Å². The molecule has 0 aliphatic carbocycles. The van der Waals surface area contributed by atoms with Gasteiger partial charge in [-0.2, -0.15) is 0 Å². The fourth-order valence-corrected chi connectivity index (χ4v) is 3.13. The number of aromatic nitrogens is 1. The number of carbonyl (C=O) groups excluding carboxylic acids is 1. The summed E-state index contributed by atoms with van der Waals surface area (Å²) in [7, 11) is 0. The van der Waals surface area contributed by atoms with Crippen molar-refractivity contribution in [2.24, 2.45) is 0 Å². The molecule has 0 spiro atoms. The SMILES string of the molecule is CC(=O)/C=C(/C)O.[Pt].[c-]1ccccc1-c1ncccc1-c1cccc2ccccc12. The van der Waals surface area contributed by atoms with Crippen molar-refractivity contribution >= 4 is 16.6 Å². The van der Waals surface area contributed by atoms with Crippen LogP contribution in [0.3, 0.4) is 0 Å². The van der Waals surface area contributed by atoms with E-state index in [0.717, 1.165) is 16.8 Å². The molecule has 0 aliphatic rings. The molecule has 30 heavy (non-hydrogen) atoms. The molecule has 1 N–H and O–H groups in total. The van der Waals surface area contributed by atoms with Gasteiger partial charge in [0.2, 0.25) is 0 Å². The third-order valence-corrected chi connectivity index (χ3v) is 4.26. The Bertz CT molecular complexity index is 1140. The molecule has 0 bridgehead atoms. The van der Waals surface area contributed by atoms with Crippen molar-refractivity contribution in [3.8, 4) is 22.4 Å². The Morgan fingerprint density at radius 3 is 2.27 bits per heavy atom. The van der Waals surface area contributed by atoms with Crippen LogP contribution < -0.4 is 0 Å². The van der Waals surface area contributed by atoms with Gasteiger partial charge in [0.05, 0.1) is 5.76 Å². The quantitative estimate of drug-likeness (QED) is 0.175. The van der Waals surface area contributed by atoms with Gasteiger partial charge in [-0.1, -0.05) is 48.5 Å². The van der Waals surface area contributed by atoms with Gasteiger partial charge in [0, 0.05) is 33.3 Å². The molecule has 0 atom stereocenters. The van der Waals surface area contributed by atoms with E-state index in [2.05, 4.69) is 65.6 Å². The molecule has 3 aromatic carbocycles. The first-order valence-electron chi connectivity index (χ1n) is 9.34. The number of rotatable bonds is 3. The third-order valence-electron chi connectivity index (χ3n) is 4.26. The Balaban J connectivity index is 0.000000350. The average Bonchev–Trinajstić information content (AvgIpc) is 2.73. The summed E-state index contributed by atoms with van der Waals surface area (Å²) >= 11 is 0. The molecule has 4 rings (SSSR count). The Hall–Kier alpha value is -3.03. The number of hydrogen-bond acceptors (Lipinski definition) is 3. The molecule has 1 aromatic heterocycles. The van der Waals surface area contributed by atoms with Gasteiger partial charge in [-0.3, -0.25) is 4.79 Å². The molecule has 0 saturated heterocycles. The molecule has 1 heterocycles. The fourth-order valence-electron chi connectivity index (χ4n) is 3.13. The Labute approximate surface area is 191 Å². The van der Waals surface area contributed by atoms with Crippen molar-refractivity contribution in [2.75, 3.05) is 0 Å². The Kier molecular flexibility index (Phi) is 8.70. The molecule has 0 amide bonds. The van der Waals surface area contributed by atoms with Gasteiger partial charge in [-0.05, 0) is 47.5 Å². The van der Waals surface area contributed by atoms with E-state index < -0.39 is 0 Å². The number of benzene rings is 3. The minimum absolute atomic E-state index is 0. The monoisotopic (exact) mass is 575 g/mol. The molecular weight excluding hydrogens is 553 g/mol. The van der Waals surface area contributed by atoms with Gasteiger partial charge in [0.1, 0.15) is 0 Å². The van der Waals surface area contributed by atoms with Gasteiger partial charge in [0.25, 0.3) is 0 Å². The summed E-state index contributed by atoms with van der Waals surface area (Å²) in [5.41, 5.74) is 4.34. The minimum Gasteiger partial charge on any atom is -0.512 e. The second-order valence-corrected chi connectivity index (χ2v) is 6.60. The first-order valence-corrected chi connectivity index (χ1v) is 9.34. The van der Waals surface area contributed by atoms with Gasteiger partial charge < -0.3 is 10.1 Å². The molecule has 154 valence electrons. The maximum atomic E-state index is 10.0. The topological polar surface area (TPSA) is 50.2 Å². The summed E-state index contributed by atoms with van der Waals surface area (Å²) in [5.74, 6) is -0.0625. The molecule has 0 saturated carbocycles. The second-order valence-electron chi connectivity index (χ2n) is 6.60. The van der Waals surface area contributed by atoms with Gasteiger partial charge >= 0.3 is 0 Å². The van der Waals surface area contributed by atoms with Crippen LogP contribution >= 0.6 is 0 Å². The standard InChI is InChI=1S/C21H14N.C5H8O2.Pt/c1-2-9-17(10-3-1)21-20(14-7-15-22-21)19-13-6-11-16-8-4-5-12-18(16)19;1-4(6)3-5(2)7;/h1-9,11-15H;3,6H,1-2H3;/q-1;;/b;4-3-;. The number of aliphatic hydroxyl groups excluding tert-OH is 1. The molecule has 0 aliphatic heterocycles. The van der Waals surface area contributed by atoms with Crippen molar-refractivity contribution < 1.29 is 31.0 Å². The minimum atomic E-state index is -0.125. The summed E-state index contributed by atoms with van der Waals surface area (Å²) in [6.07, 6.45) is 3.00. The van der Waals surface area contributed by atoms with Crippen LogP contribution in [-0.2, 0) is 25.9 Å². The molecule has 4 aromatic rings. The predicted octanol–water partition coefficient (Wildman–Crippen LogP) is 6.40. The summed E-state index contributed by atoms with van der Waals surface area (Å²) in [5, 5.41) is 10.9. The van der Waals surface area contributed by atoms with Gasteiger partial charge in [0.15, 0.2) is 5.78 Å². The normalized spacial score (nSPS) is 10.5. The van der Waals surface area contributed by atoms with Crippen LogP contribution in [0.4, 0.5) is 0 Å². The smallest absolute Gasteiger partial charge is 0.155 e. The molecule has 0 unspecified atom stereocenters. The number of ketones is 1. The second kappa shape index (κ2) is 11.2. The number of carbonyl (C=O) groups is 1. The summed E-state index contributed by atoms with van der Waals surface area (Å²) in [4.78, 5) is 14.6. The van der Waals surface area contributed by atoms with Crippen molar-refractivity contribution in [3.05, 3.63) is 103 Å². The van der Waals surface area contributed by atoms with E-state index in [-0.39, 0.29) is 32.6 Å². The Morgan fingerprint density at radius 2 is 1.60 bits per heavy atom. The predicted molar refractivity (Wildman–Crippen MR) is 119 cm³/mol. The van der Waals surface area contributed by atoms with Crippen molar-refractivity contribution in [3.63, 3.8) is 0 Å². The number of aliphatic hydroxyl groups is 1. The maximum Gasteiger partial charge on any atom is 0.155 e. The van der Waals surface area contributed by atoms with Crippen LogP contribution in [-0.4, -0.2) is 15.9 Å². The van der Waals surface area contributed by atoms with E-state index in [0.29, 0.717) is 0 Å². The largest absolute Gasteiger partial charge is 0.512 e. The number of fused-ring (bicyclic) bond motifs is 1. The molecule has 0 radical (unpaired) electrons. The van der Waals surface area contributed by atoms with Crippen LogP contribution in [0.5, 0.6) is 0 Å². The number of nitrogens with zero attached hydrogens (tertiary/aromatic N) is 1. The average molecular weight is 576 g/mol. The number of allylic oxidation sites excluding steroid dienone is 2. The van der Waals surface area contributed by atoms with E-state index in [1.54, 1.807) is 0 Å². The zero-order valence-electron chi connectivity index (χ0n) is 16.8. The fraction of sp³-hybridized carbons (Fsp3) is 0.0769. The molecular formula is C26H22NO2Pt-. The zero-order chi connectivity index (χ0) is 20.6. The van der Waals surface area contributed by atoms with Crippen molar-refractivity contribution in [2.45, 2.75) is 13.8 Å². The van der Waals surface area contributed by atoms with E-state index in [4.69, 9.17) is 5.11 Å². The van der Waals surface area contributed by atoms with E-state index in [1.807, 2.05) is 30.5 Å². The van der Waals surface area contributed by atoms with Crippen LogP contribution in [0.15, 0.2) is 96.9 Å². The van der Waals surface area contributed by atoms with Gasteiger partial charge in [-0.15, -0.1) is 35.9 Å². The van der Waals surface area contributed by atoms with Crippen molar-refractivity contribution in [1.29, 1.82) is 0 Å². The van der Waals surface area contributed by atoms with Crippen LogP contribution in [0.25, 0.3) is 33.2 Å². The number of pyridine rings is 1. The van der Waals surface area contributed by atoms with E-state index in [1.165, 1.54) is 36.3 Å². The Morgan fingerprint density at radius 1 is 0.900 bits per heavy atom. The first-order chi connectivity index (χ1) is 14.1. The van der Waals surface area contributed by atoms with E-state index >= 15 is 0 Å².